The molecular weight excluding hydrogens is 262 g/mol. The molecule has 0 spiro atoms. The zero-order valence-electron chi connectivity index (χ0n) is 7.91. The van der Waals surface area contributed by atoms with E-state index in [1.54, 1.807) is 6.20 Å². The molecule has 2 N–H and O–H groups in total. The van der Waals surface area contributed by atoms with Gasteiger partial charge in [0.1, 0.15) is 12.2 Å². The molecule has 0 unspecified atom stereocenters. The Labute approximate surface area is 93.7 Å². The van der Waals surface area contributed by atoms with Crippen LogP contribution in [0.4, 0.5) is 0 Å². The first-order valence-corrected chi connectivity index (χ1v) is 5.08. The summed E-state index contributed by atoms with van der Waals surface area (Å²) < 4.78 is 0.875. The van der Waals surface area contributed by atoms with Gasteiger partial charge < -0.3 is 10.1 Å². The minimum absolute atomic E-state index is 0.118. The maximum absolute atomic E-state index is 10.5. The molecule has 2 heterocycles. The molecule has 0 aliphatic rings. The Morgan fingerprint density at radius 1 is 1.67 bits per heavy atom. The Morgan fingerprint density at radius 3 is 3.07 bits per heavy atom. The van der Waals surface area contributed by atoms with Gasteiger partial charge in [0, 0.05) is 10.7 Å². The fourth-order valence-corrected chi connectivity index (χ4v) is 1.63. The van der Waals surface area contributed by atoms with Crippen LogP contribution < -0.4 is 0 Å². The first-order valence-electron chi connectivity index (χ1n) is 4.29. The molecule has 15 heavy (non-hydrogen) atoms. The van der Waals surface area contributed by atoms with Crippen molar-refractivity contribution in [3.8, 4) is 0 Å². The van der Waals surface area contributed by atoms with Gasteiger partial charge in [-0.2, -0.15) is 0 Å². The van der Waals surface area contributed by atoms with Crippen LogP contribution in [-0.4, -0.2) is 26.0 Å². The Balaban J connectivity index is 2.56. The van der Waals surface area contributed by atoms with Crippen LogP contribution in [0.3, 0.4) is 0 Å². The van der Waals surface area contributed by atoms with E-state index in [9.17, 15) is 4.79 Å². The number of hydrogen-bond acceptors (Lipinski definition) is 3. The Hall–Kier alpha value is -1.43. The van der Waals surface area contributed by atoms with E-state index in [4.69, 9.17) is 5.11 Å². The van der Waals surface area contributed by atoms with E-state index in [1.807, 2.05) is 6.92 Å². The number of nitrogens with zero attached hydrogens (tertiary/aromatic N) is 2. The molecule has 0 aromatic carbocycles. The molecular formula is C9H8BrN3O2. The van der Waals surface area contributed by atoms with Crippen molar-refractivity contribution in [2.45, 2.75) is 13.3 Å². The van der Waals surface area contributed by atoms with Crippen molar-refractivity contribution in [1.29, 1.82) is 0 Å². The number of carboxylic acids is 1. The van der Waals surface area contributed by atoms with Gasteiger partial charge in [-0.05, 0) is 28.4 Å². The van der Waals surface area contributed by atoms with Gasteiger partial charge in [0.15, 0.2) is 5.65 Å². The van der Waals surface area contributed by atoms with Crippen LogP contribution in [0, 0.1) is 6.92 Å². The molecule has 0 amide bonds. The highest BCUT2D eigenvalue weighted by molar-refractivity contribution is 9.10. The molecule has 2 aromatic rings. The number of aryl methyl sites for hydroxylation is 1. The number of halogens is 1. The number of aliphatic carboxylic acids is 1. The average Bonchev–Trinajstić information content (AvgIpc) is 2.54. The minimum Gasteiger partial charge on any atom is -0.481 e. The molecule has 0 aliphatic carbocycles. The number of carbonyl (C=O) groups is 1. The third-order valence-electron chi connectivity index (χ3n) is 2.09. The van der Waals surface area contributed by atoms with Crippen LogP contribution in [0.2, 0.25) is 0 Å². The first kappa shape index (κ1) is 10.1. The Morgan fingerprint density at radius 2 is 2.40 bits per heavy atom. The summed E-state index contributed by atoms with van der Waals surface area (Å²) in [6.45, 7) is 1.91. The summed E-state index contributed by atoms with van der Waals surface area (Å²) in [5.74, 6) is -0.489. The average molecular weight is 270 g/mol. The molecule has 0 saturated carbocycles. The molecule has 0 aliphatic heterocycles. The summed E-state index contributed by atoms with van der Waals surface area (Å²) in [7, 11) is 0. The molecule has 6 heteroatoms. The molecule has 78 valence electrons. The molecule has 5 nitrogen and oxygen atoms in total. The number of fused-ring (bicyclic) bond motifs is 1. The zero-order chi connectivity index (χ0) is 11.0. The Kier molecular flexibility index (Phi) is 2.44. The van der Waals surface area contributed by atoms with Crippen LogP contribution in [0.5, 0.6) is 0 Å². The van der Waals surface area contributed by atoms with Gasteiger partial charge >= 0.3 is 5.97 Å². The lowest BCUT2D eigenvalue weighted by Crippen LogP contribution is -2.01. The summed E-state index contributed by atoms with van der Waals surface area (Å²) in [5.41, 5.74) is 2.30. The quantitative estimate of drug-likeness (QED) is 0.869. The summed E-state index contributed by atoms with van der Waals surface area (Å²) in [6.07, 6.45) is 1.54. The van der Waals surface area contributed by atoms with Gasteiger partial charge in [0.2, 0.25) is 0 Å². The van der Waals surface area contributed by atoms with E-state index >= 15 is 0 Å². The highest BCUT2D eigenvalue weighted by Crippen LogP contribution is 2.21. The molecule has 0 saturated heterocycles. The van der Waals surface area contributed by atoms with Gasteiger partial charge in [-0.1, -0.05) is 0 Å². The maximum Gasteiger partial charge on any atom is 0.311 e. The van der Waals surface area contributed by atoms with Gasteiger partial charge in [-0.25, -0.2) is 9.97 Å². The monoisotopic (exact) mass is 269 g/mol. The van der Waals surface area contributed by atoms with E-state index < -0.39 is 5.97 Å². The lowest BCUT2D eigenvalue weighted by molar-refractivity contribution is -0.136. The second kappa shape index (κ2) is 3.62. The van der Waals surface area contributed by atoms with E-state index in [-0.39, 0.29) is 6.42 Å². The van der Waals surface area contributed by atoms with E-state index in [1.165, 1.54) is 0 Å². The van der Waals surface area contributed by atoms with Crippen LogP contribution in [0.25, 0.3) is 11.2 Å². The van der Waals surface area contributed by atoms with Crippen molar-refractivity contribution in [1.82, 2.24) is 15.0 Å². The molecule has 0 fully saturated rings. The number of rotatable bonds is 2. The number of H-pyrrole nitrogens is 1. The third kappa shape index (κ3) is 1.85. The van der Waals surface area contributed by atoms with Crippen LogP contribution in [-0.2, 0) is 11.2 Å². The van der Waals surface area contributed by atoms with Crippen molar-refractivity contribution in [2.75, 3.05) is 0 Å². The number of nitrogens with one attached hydrogen (secondary N) is 1. The highest BCUT2D eigenvalue weighted by Gasteiger charge is 2.10. The number of hydrogen-bond donors (Lipinski definition) is 2. The SMILES string of the molecule is Cc1c(Br)cnc2nc(CC(=O)O)[nH]c12. The predicted molar refractivity (Wildman–Crippen MR) is 57.7 cm³/mol. The fourth-order valence-electron chi connectivity index (χ4n) is 1.33. The summed E-state index contributed by atoms with van der Waals surface area (Å²) in [4.78, 5) is 21.6. The Bertz CT molecular complexity index is 535. The summed E-state index contributed by atoms with van der Waals surface area (Å²) in [6, 6.07) is 0. The molecule has 0 bridgehead atoms. The van der Waals surface area contributed by atoms with Gasteiger partial charge in [0.25, 0.3) is 0 Å². The van der Waals surface area contributed by atoms with Crippen molar-refractivity contribution in [3.05, 3.63) is 22.1 Å². The minimum atomic E-state index is -0.911. The second-order valence-corrected chi connectivity index (χ2v) is 4.04. The second-order valence-electron chi connectivity index (χ2n) is 3.18. The summed E-state index contributed by atoms with van der Waals surface area (Å²) >= 11 is 3.35. The van der Waals surface area contributed by atoms with Gasteiger partial charge in [-0.3, -0.25) is 4.79 Å². The van der Waals surface area contributed by atoms with Crippen LogP contribution in [0.15, 0.2) is 10.7 Å². The smallest absolute Gasteiger partial charge is 0.311 e. The highest BCUT2D eigenvalue weighted by atomic mass is 79.9. The maximum atomic E-state index is 10.5. The van der Waals surface area contributed by atoms with Crippen LogP contribution in [0.1, 0.15) is 11.4 Å². The molecule has 0 radical (unpaired) electrons. The number of pyridine rings is 1. The van der Waals surface area contributed by atoms with E-state index in [0.717, 1.165) is 15.6 Å². The number of imidazole rings is 1. The normalized spacial score (nSPS) is 10.8. The van der Waals surface area contributed by atoms with Crippen molar-refractivity contribution >= 4 is 33.1 Å². The van der Waals surface area contributed by atoms with E-state index in [2.05, 4.69) is 30.9 Å². The van der Waals surface area contributed by atoms with Crippen LogP contribution >= 0.6 is 15.9 Å². The van der Waals surface area contributed by atoms with Gasteiger partial charge in [-0.15, -0.1) is 0 Å². The standard InChI is InChI=1S/C9H8BrN3O2/c1-4-5(10)3-11-9-8(4)12-6(13-9)2-7(14)15/h3H,2H2,1H3,(H,14,15)(H,11,12,13). The van der Waals surface area contributed by atoms with E-state index in [0.29, 0.717) is 11.5 Å². The third-order valence-corrected chi connectivity index (χ3v) is 2.89. The van der Waals surface area contributed by atoms with Gasteiger partial charge in [0.05, 0.1) is 5.52 Å². The fraction of sp³-hybridized carbons (Fsp3) is 0.222. The van der Waals surface area contributed by atoms with Crippen molar-refractivity contribution in [3.63, 3.8) is 0 Å². The topological polar surface area (TPSA) is 78.9 Å². The number of aromatic amines is 1. The van der Waals surface area contributed by atoms with Crippen molar-refractivity contribution in [2.24, 2.45) is 0 Å². The van der Waals surface area contributed by atoms with Crippen molar-refractivity contribution < 1.29 is 9.90 Å². The first-order chi connectivity index (χ1) is 7.08. The zero-order valence-corrected chi connectivity index (χ0v) is 9.50. The molecule has 0 atom stereocenters. The number of aromatic nitrogens is 3. The lowest BCUT2D eigenvalue weighted by atomic mass is 10.3. The predicted octanol–water partition coefficient (Wildman–Crippen LogP) is 1.66. The molecule has 2 aromatic heterocycles. The molecule has 2 rings (SSSR count). The largest absolute Gasteiger partial charge is 0.481 e. The lowest BCUT2D eigenvalue weighted by Gasteiger charge is -1.96. The number of carboxylic acid groups (broad SMARTS) is 1. The summed E-state index contributed by atoms with van der Waals surface area (Å²) in [5, 5.41) is 8.63.